The highest BCUT2D eigenvalue weighted by Gasteiger charge is 2.35. The molecule has 0 heterocycles. The van der Waals surface area contributed by atoms with Gasteiger partial charge in [0.25, 0.3) is 0 Å². The van der Waals surface area contributed by atoms with Crippen molar-refractivity contribution in [3.8, 4) is 5.75 Å². The van der Waals surface area contributed by atoms with Gasteiger partial charge in [0, 0.05) is 14.3 Å². The van der Waals surface area contributed by atoms with Gasteiger partial charge in [-0.05, 0) is 116 Å². The molecule has 196 valence electrons. The summed E-state index contributed by atoms with van der Waals surface area (Å²) in [4.78, 5) is 23.8. The van der Waals surface area contributed by atoms with E-state index in [1.807, 2.05) is 45.2 Å². The van der Waals surface area contributed by atoms with E-state index in [0.29, 0.717) is 20.0 Å². The van der Waals surface area contributed by atoms with E-state index >= 15 is 0 Å². The molecule has 7 nitrogen and oxygen atoms in total. The van der Waals surface area contributed by atoms with Crippen LogP contribution in [0.3, 0.4) is 0 Å². The van der Waals surface area contributed by atoms with E-state index in [1.54, 1.807) is 45.2 Å². The lowest BCUT2D eigenvalue weighted by Gasteiger charge is -2.23. The van der Waals surface area contributed by atoms with Crippen LogP contribution in [0.1, 0.15) is 52.8 Å². The fourth-order valence-electron chi connectivity index (χ4n) is 3.45. The predicted octanol–water partition coefficient (Wildman–Crippen LogP) is 6.27. The van der Waals surface area contributed by atoms with Gasteiger partial charge < -0.3 is 14.0 Å². The van der Waals surface area contributed by atoms with Crippen LogP contribution in [0.5, 0.6) is 5.75 Å². The van der Waals surface area contributed by atoms with Gasteiger partial charge in [-0.25, -0.2) is 26.8 Å². The first-order valence-corrected chi connectivity index (χ1v) is 15.5. The van der Waals surface area contributed by atoms with E-state index in [-0.39, 0.29) is 12.7 Å². The molecule has 0 bridgehead atoms. The molecule has 0 aromatic heterocycles. The minimum atomic E-state index is -5.95. The van der Waals surface area contributed by atoms with Crippen molar-refractivity contribution in [1.82, 2.24) is 0 Å². The van der Waals surface area contributed by atoms with Crippen molar-refractivity contribution in [3.63, 3.8) is 0 Å². The van der Waals surface area contributed by atoms with Gasteiger partial charge in [0.2, 0.25) is 17.4 Å². The van der Waals surface area contributed by atoms with Crippen molar-refractivity contribution in [2.45, 2.75) is 43.1 Å². The van der Waals surface area contributed by atoms with Gasteiger partial charge in [-0.1, -0.05) is 6.42 Å². The van der Waals surface area contributed by atoms with E-state index in [4.69, 9.17) is 4.74 Å². The number of ether oxygens (including phenoxy) is 2. The Morgan fingerprint density at radius 3 is 1.64 bits per heavy atom. The molecule has 2 aromatic carbocycles. The van der Waals surface area contributed by atoms with E-state index < -0.39 is 67.6 Å². The average Bonchev–Trinajstić information content (AvgIpc) is 2.81. The third-order valence-electron chi connectivity index (χ3n) is 5.13. The normalized spacial score (nSPS) is 14.6. The topological polar surface area (TPSA) is 110 Å². The van der Waals surface area contributed by atoms with Gasteiger partial charge in [0.05, 0.1) is 11.1 Å². The van der Waals surface area contributed by atoms with Crippen LogP contribution in [0.25, 0.3) is 0 Å². The summed E-state index contributed by atoms with van der Waals surface area (Å²) in [6.45, 7) is 0. The molecule has 2 aromatic rings. The second-order valence-corrected chi connectivity index (χ2v) is 13.1. The highest BCUT2D eigenvalue weighted by molar-refractivity contribution is 14.1. The molecule has 0 radical (unpaired) electrons. The first kappa shape index (κ1) is 30.5. The van der Waals surface area contributed by atoms with E-state index in [1.165, 1.54) is 0 Å². The third-order valence-corrected chi connectivity index (χ3v) is 13.4. The molecule has 1 aliphatic rings. The molecule has 16 heteroatoms. The molecule has 1 saturated carbocycles. The number of carbonyl (C=O) groups is 2. The largest absolute Gasteiger partial charge is 0.744 e. The van der Waals surface area contributed by atoms with Crippen molar-refractivity contribution in [2.24, 2.45) is 0 Å². The zero-order valence-electron chi connectivity index (χ0n) is 17.4. The maximum Gasteiger partial charge on any atom is 0.345 e. The Kier molecular flexibility index (Phi) is 10.1. The first-order valence-electron chi connectivity index (χ1n) is 9.79. The maximum atomic E-state index is 14.4. The summed E-state index contributed by atoms with van der Waals surface area (Å²) in [5.74, 6) is -14.3. The van der Waals surface area contributed by atoms with Gasteiger partial charge in [0.1, 0.15) is 21.1 Å². The molecular formula is C20H11F4I4O7S-. The van der Waals surface area contributed by atoms with Crippen LogP contribution in [0, 0.1) is 37.5 Å². The highest BCUT2D eigenvalue weighted by Crippen LogP contribution is 2.37. The maximum absolute atomic E-state index is 14.4. The van der Waals surface area contributed by atoms with Crippen LogP contribution in [-0.4, -0.2) is 31.0 Å². The van der Waals surface area contributed by atoms with Gasteiger partial charge in [-0.3, -0.25) is 0 Å². The molecule has 0 N–H and O–H groups in total. The van der Waals surface area contributed by atoms with Gasteiger partial charge in [0.15, 0.2) is 11.6 Å². The summed E-state index contributed by atoms with van der Waals surface area (Å²) in [5.41, 5.74) is -0.730. The monoisotopic (exact) mass is 979 g/mol. The van der Waals surface area contributed by atoms with Crippen LogP contribution in [-0.2, 0) is 14.9 Å². The van der Waals surface area contributed by atoms with Crippen molar-refractivity contribution >= 4 is 112 Å². The zero-order valence-corrected chi connectivity index (χ0v) is 26.8. The SMILES string of the molecule is O=C(Oc1c(F)c(F)c(S(=O)(=O)[O-])c(F)c1F)c1c(I)c(I)c(I)c(I)c1C(=O)OC1CCCCC1. The first-order chi connectivity index (χ1) is 16.7. The quantitative estimate of drug-likeness (QED) is 0.0661. The Balaban J connectivity index is 2.13. The second kappa shape index (κ2) is 12.0. The standard InChI is InChI=1S/C20H12F4I4O7S/c21-9-11(23)18(36(31,32)33)12(24)10(22)17(9)35-20(30)8-7(13(25)15(27)16(28)14(8)26)19(29)34-6-4-2-1-3-5-6/h6H,1-5H2,(H,31,32,33)/p-1. The zero-order chi connectivity index (χ0) is 27.1. The summed E-state index contributed by atoms with van der Waals surface area (Å²) in [7, 11) is -5.95. The van der Waals surface area contributed by atoms with Crippen molar-refractivity contribution < 1.29 is 49.6 Å². The smallest absolute Gasteiger partial charge is 0.345 e. The molecule has 0 spiro atoms. The fourth-order valence-corrected chi connectivity index (χ4v) is 7.70. The van der Waals surface area contributed by atoms with Gasteiger partial charge in [-0.15, -0.1) is 0 Å². The molecule has 0 saturated heterocycles. The molecular weight excluding hydrogens is 968 g/mol. The molecule has 1 aliphatic carbocycles. The van der Waals surface area contributed by atoms with E-state index in [0.717, 1.165) is 19.3 Å². The summed E-state index contributed by atoms with van der Waals surface area (Å²) >= 11 is 7.29. The minimum absolute atomic E-state index is 0.138. The number of benzene rings is 2. The molecule has 3 rings (SSSR count). The Bertz CT molecular complexity index is 1350. The number of rotatable bonds is 5. The molecule has 0 atom stereocenters. The number of hydrogen-bond donors (Lipinski definition) is 0. The molecule has 0 unspecified atom stereocenters. The number of carbonyl (C=O) groups excluding carboxylic acids is 2. The van der Waals surface area contributed by atoms with Crippen LogP contribution in [0.4, 0.5) is 17.6 Å². The lowest BCUT2D eigenvalue weighted by atomic mass is 9.97. The summed E-state index contributed by atoms with van der Waals surface area (Å²) in [5, 5.41) is 0. The minimum Gasteiger partial charge on any atom is -0.744 e. The van der Waals surface area contributed by atoms with E-state index in [9.17, 15) is 40.1 Å². The fraction of sp³-hybridized carbons (Fsp3) is 0.300. The van der Waals surface area contributed by atoms with Crippen molar-refractivity contribution in [2.75, 3.05) is 0 Å². The number of hydrogen-bond acceptors (Lipinski definition) is 7. The summed E-state index contributed by atoms with van der Waals surface area (Å²) in [6, 6.07) is 0. The number of halogens is 8. The Hall–Kier alpha value is -0.0700. The van der Waals surface area contributed by atoms with Gasteiger partial charge in [-0.2, -0.15) is 8.78 Å². The van der Waals surface area contributed by atoms with Crippen LogP contribution >= 0.6 is 90.4 Å². The highest BCUT2D eigenvalue weighted by atomic mass is 127. The Morgan fingerprint density at radius 2 is 1.19 bits per heavy atom. The Morgan fingerprint density at radius 1 is 0.750 bits per heavy atom. The molecule has 0 amide bonds. The van der Waals surface area contributed by atoms with Gasteiger partial charge >= 0.3 is 11.9 Å². The summed E-state index contributed by atoms with van der Waals surface area (Å²) in [6.07, 6.45) is 3.50. The van der Waals surface area contributed by atoms with Crippen LogP contribution < -0.4 is 4.74 Å². The Labute approximate surface area is 256 Å². The molecule has 1 fully saturated rings. The van der Waals surface area contributed by atoms with Crippen molar-refractivity contribution in [1.29, 1.82) is 0 Å². The molecule has 0 aliphatic heterocycles. The summed E-state index contributed by atoms with van der Waals surface area (Å²) < 4.78 is 102. The predicted molar refractivity (Wildman–Crippen MR) is 149 cm³/mol. The van der Waals surface area contributed by atoms with E-state index in [2.05, 4.69) is 4.74 Å². The lowest BCUT2D eigenvalue weighted by molar-refractivity contribution is 0.0205. The average molecular weight is 979 g/mol. The number of esters is 2. The molecule has 36 heavy (non-hydrogen) atoms. The second-order valence-electron chi connectivity index (χ2n) is 7.43. The van der Waals surface area contributed by atoms with Crippen molar-refractivity contribution in [3.05, 3.63) is 48.7 Å². The van der Waals surface area contributed by atoms with Crippen LogP contribution in [0.2, 0.25) is 0 Å². The van der Waals surface area contributed by atoms with Crippen LogP contribution in [0.15, 0.2) is 4.90 Å². The third kappa shape index (κ3) is 6.06. The lowest BCUT2D eigenvalue weighted by Crippen LogP contribution is -2.26.